The molecule has 1 N–H and O–H groups in total. The summed E-state index contributed by atoms with van der Waals surface area (Å²) in [6, 6.07) is 6.66. The van der Waals surface area contributed by atoms with Crippen LogP contribution in [0, 0.1) is 5.92 Å². The first-order valence-electron chi connectivity index (χ1n) is 8.17. The maximum atomic E-state index is 12.4. The van der Waals surface area contributed by atoms with Gasteiger partial charge in [-0.25, -0.2) is 0 Å². The predicted molar refractivity (Wildman–Crippen MR) is 82.0 cm³/mol. The smallest absolute Gasteiger partial charge is 0.251 e. The average Bonchev–Trinajstić information content (AvgIpc) is 2.49. The Bertz CT molecular complexity index is 494. The molecule has 0 saturated heterocycles. The van der Waals surface area contributed by atoms with Gasteiger partial charge in [-0.2, -0.15) is 0 Å². The van der Waals surface area contributed by atoms with E-state index in [2.05, 4.69) is 24.4 Å². The van der Waals surface area contributed by atoms with Crippen LogP contribution in [-0.2, 0) is 12.8 Å². The lowest BCUT2D eigenvalue weighted by molar-refractivity contribution is 0.0910. The second-order valence-electron chi connectivity index (χ2n) is 6.53. The summed E-state index contributed by atoms with van der Waals surface area (Å²) in [4.78, 5) is 12.4. The molecule has 0 aliphatic heterocycles. The zero-order chi connectivity index (χ0) is 13.9. The number of carbonyl (C=O) groups is 1. The molecular weight excluding hydrogens is 246 g/mol. The third-order valence-electron chi connectivity index (χ3n) is 5.04. The number of rotatable bonds is 2. The van der Waals surface area contributed by atoms with Gasteiger partial charge < -0.3 is 5.32 Å². The van der Waals surface area contributed by atoms with Crippen LogP contribution in [0.4, 0.5) is 0 Å². The van der Waals surface area contributed by atoms with Gasteiger partial charge in [0, 0.05) is 11.6 Å². The Morgan fingerprint density at radius 1 is 1.05 bits per heavy atom. The van der Waals surface area contributed by atoms with Gasteiger partial charge in [0.05, 0.1) is 0 Å². The Labute approximate surface area is 122 Å². The number of nitrogens with one attached hydrogen (secondary N) is 1. The maximum absolute atomic E-state index is 12.4. The van der Waals surface area contributed by atoms with Crippen LogP contribution in [-0.4, -0.2) is 11.9 Å². The molecule has 0 radical (unpaired) electrons. The average molecular weight is 271 g/mol. The lowest BCUT2D eigenvalue weighted by atomic mass is 9.85. The second-order valence-corrected chi connectivity index (χ2v) is 6.53. The number of hydrogen-bond donors (Lipinski definition) is 1. The molecule has 0 aromatic heterocycles. The largest absolute Gasteiger partial charge is 0.349 e. The molecule has 2 aliphatic rings. The third kappa shape index (κ3) is 2.89. The molecule has 0 bridgehead atoms. The Morgan fingerprint density at radius 3 is 2.60 bits per heavy atom. The highest BCUT2D eigenvalue weighted by Crippen LogP contribution is 2.25. The molecule has 2 atom stereocenters. The number of carbonyl (C=O) groups excluding carboxylic acids is 1. The third-order valence-corrected chi connectivity index (χ3v) is 5.04. The molecule has 108 valence electrons. The van der Waals surface area contributed by atoms with Crippen LogP contribution in [0.25, 0.3) is 0 Å². The Kier molecular flexibility index (Phi) is 4.09. The minimum atomic E-state index is 0.122. The highest BCUT2D eigenvalue weighted by molar-refractivity contribution is 5.94. The van der Waals surface area contributed by atoms with Crippen molar-refractivity contribution in [2.75, 3.05) is 0 Å². The van der Waals surface area contributed by atoms with E-state index >= 15 is 0 Å². The van der Waals surface area contributed by atoms with Gasteiger partial charge in [0.15, 0.2) is 0 Å². The van der Waals surface area contributed by atoms with Crippen LogP contribution in [0.5, 0.6) is 0 Å². The van der Waals surface area contributed by atoms with E-state index in [1.807, 2.05) is 6.07 Å². The molecule has 2 aliphatic carbocycles. The summed E-state index contributed by atoms with van der Waals surface area (Å²) >= 11 is 0. The van der Waals surface area contributed by atoms with E-state index in [0.717, 1.165) is 18.4 Å². The van der Waals surface area contributed by atoms with Crippen LogP contribution in [0.15, 0.2) is 18.2 Å². The van der Waals surface area contributed by atoms with Gasteiger partial charge in [-0.15, -0.1) is 0 Å². The van der Waals surface area contributed by atoms with Crippen molar-refractivity contribution >= 4 is 5.91 Å². The SMILES string of the molecule is C[C@@H]1CCCC[C@@H]1NC(=O)c1ccc2c(c1)CCCC2. The van der Waals surface area contributed by atoms with E-state index in [9.17, 15) is 4.79 Å². The normalized spacial score (nSPS) is 25.9. The lowest BCUT2D eigenvalue weighted by Crippen LogP contribution is -2.41. The molecule has 0 heterocycles. The van der Waals surface area contributed by atoms with Crippen molar-refractivity contribution in [3.63, 3.8) is 0 Å². The highest BCUT2D eigenvalue weighted by atomic mass is 16.1. The van der Waals surface area contributed by atoms with Gasteiger partial charge in [-0.05, 0) is 67.7 Å². The summed E-state index contributed by atoms with van der Waals surface area (Å²) in [7, 11) is 0. The Hall–Kier alpha value is -1.31. The molecule has 20 heavy (non-hydrogen) atoms. The molecule has 3 rings (SSSR count). The minimum Gasteiger partial charge on any atom is -0.349 e. The van der Waals surface area contributed by atoms with Gasteiger partial charge in [-0.3, -0.25) is 4.79 Å². The summed E-state index contributed by atoms with van der Waals surface area (Å²) < 4.78 is 0. The predicted octanol–water partition coefficient (Wildman–Crippen LogP) is 3.87. The molecule has 1 fully saturated rings. The topological polar surface area (TPSA) is 29.1 Å². The van der Waals surface area contributed by atoms with Gasteiger partial charge in [-0.1, -0.05) is 25.8 Å². The van der Waals surface area contributed by atoms with E-state index in [4.69, 9.17) is 0 Å². The van der Waals surface area contributed by atoms with E-state index < -0.39 is 0 Å². The first-order valence-corrected chi connectivity index (χ1v) is 8.17. The standard InChI is InChI=1S/C18H25NO/c1-13-6-2-5-9-17(13)19-18(20)16-11-10-14-7-3-4-8-15(14)12-16/h10-13,17H,2-9H2,1H3,(H,19,20)/t13-,17+/m1/s1. The molecule has 0 spiro atoms. The molecule has 1 amide bonds. The minimum absolute atomic E-state index is 0.122. The van der Waals surface area contributed by atoms with Crippen LogP contribution in [0.2, 0.25) is 0 Å². The fraction of sp³-hybridized carbons (Fsp3) is 0.611. The van der Waals surface area contributed by atoms with Crippen molar-refractivity contribution in [2.24, 2.45) is 5.92 Å². The van der Waals surface area contributed by atoms with Crippen molar-refractivity contribution in [2.45, 2.75) is 64.3 Å². The summed E-state index contributed by atoms with van der Waals surface area (Å²) in [6.07, 6.45) is 9.81. The van der Waals surface area contributed by atoms with Crippen LogP contribution in [0.1, 0.15) is 66.9 Å². The van der Waals surface area contributed by atoms with Gasteiger partial charge in [0.2, 0.25) is 0 Å². The zero-order valence-corrected chi connectivity index (χ0v) is 12.5. The van der Waals surface area contributed by atoms with E-state index in [1.165, 1.54) is 49.7 Å². The molecule has 2 heteroatoms. The van der Waals surface area contributed by atoms with Crippen molar-refractivity contribution in [1.29, 1.82) is 0 Å². The van der Waals surface area contributed by atoms with Crippen molar-refractivity contribution in [3.8, 4) is 0 Å². The summed E-state index contributed by atoms with van der Waals surface area (Å²) in [5.74, 6) is 0.738. The monoisotopic (exact) mass is 271 g/mol. The van der Waals surface area contributed by atoms with Crippen LogP contribution < -0.4 is 5.32 Å². The molecule has 0 unspecified atom stereocenters. The molecule has 2 nitrogen and oxygen atoms in total. The molecule has 1 aromatic rings. The van der Waals surface area contributed by atoms with Gasteiger partial charge >= 0.3 is 0 Å². The van der Waals surface area contributed by atoms with E-state index in [0.29, 0.717) is 12.0 Å². The first kappa shape index (κ1) is 13.7. The number of hydrogen-bond acceptors (Lipinski definition) is 1. The quantitative estimate of drug-likeness (QED) is 0.869. The summed E-state index contributed by atoms with van der Waals surface area (Å²) in [6.45, 7) is 2.26. The highest BCUT2D eigenvalue weighted by Gasteiger charge is 2.23. The lowest BCUT2D eigenvalue weighted by Gasteiger charge is -2.29. The summed E-state index contributed by atoms with van der Waals surface area (Å²) in [5, 5.41) is 3.25. The number of benzene rings is 1. The Morgan fingerprint density at radius 2 is 1.80 bits per heavy atom. The van der Waals surface area contributed by atoms with Crippen molar-refractivity contribution in [1.82, 2.24) is 5.32 Å². The first-order chi connectivity index (χ1) is 9.74. The van der Waals surface area contributed by atoms with Crippen LogP contribution in [0.3, 0.4) is 0 Å². The number of aryl methyl sites for hydroxylation is 2. The number of amides is 1. The van der Waals surface area contributed by atoms with Crippen LogP contribution >= 0.6 is 0 Å². The molecular formula is C18H25NO. The molecule has 1 aromatic carbocycles. The molecule has 1 saturated carbocycles. The fourth-order valence-corrected chi connectivity index (χ4v) is 3.66. The fourth-order valence-electron chi connectivity index (χ4n) is 3.66. The number of fused-ring (bicyclic) bond motifs is 1. The Balaban J connectivity index is 1.70. The second kappa shape index (κ2) is 5.99. The van der Waals surface area contributed by atoms with E-state index in [1.54, 1.807) is 0 Å². The zero-order valence-electron chi connectivity index (χ0n) is 12.5. The summed E-state index contributed by atoms with van der Waals surface area (Å²) in [5.41, 5.74) is 3.68. The van der Waals surface area contributed by atoms with Gasteiger partial charge in [0.1, 0.15) is 0 Å². The van der Waals surface area contributed by atoms with Gasteiger partial charge in [0.25, 0.3) is 5.91 Å². The van der Waals surface area contributed by atoms with Crippen molar-refractivity contribution < 1.29 is 4.79 Å². The maximum Gasteiger partial charge on any atom is 0.251 e. The van der Waals surface area contributed by atoms with Crippen molar-refractivity contribution in [3.05, 3.63) is 34.9 Å². The van der Waals surface area contributed by atoms with E-state index in [-0.39, 0.29) is 5.91 Å².